The number of benzene rings is 1. The van der Waals surface area contributed by atoms with Gasteiger partial charge < -0.3 is 9.47 Å². The molecular weight excluding hydrogens is 426 g/mol. The van der Waals surface area contributed by atoms with Crippen molar-refractivity contribution in [3.05, 3.63) is 46.0 Å². The summed E-state index contributed by atoms with van der Waals surface area (Å²) in [7, 11) is 1.54. The van der Waals surface area contributed by atoms with Gasteiger partial charge in [-0.2, -0.15) is 4.52 Å². The highest BCUT2D eigenvalue weighted by atomic mass is 79.9. The number of aromatic nitrogens is 4. The number of carbonyl (C=O) groups excluding carboxylic acids is 1. The summed E-state index contributed by atoms with van der Waals surface area (Å²) in [6.45, 7) is 4.02. The lowest BCUT2D eigenvalue weighted by molar-refractivity contribution is 0.0965. The van der Waals surface area contributed by atoms with E-state index in [1.165, 1.54) is 9.20 Å². The highest BCUT2D eigenvalue weighted by molar-refractivity contribution is 9.10. The molecule has 0 radical (unpaired) electrons. The SMILES string of the molecule is CCC(CC)Oc1ccc2nn(CC(=O)c3cc(Br)cc(OC)c3)c(=N)n2n1. The van der Waals surface area contributed by atoms with Gasteiger partial charge in [-0.05, 0) is 37.1 Å². The Morgan fingerprint density at radius 3 is 2.64 bits per heavy atom. The molecule has 2 aromatic heterocycles. The minimum Gasteiger partial charge on any atom is -0.497 e. The molecule has 0 atom stereocenters. The van der Waals surface area contributed by atoms with Crippen LogP contribution >= 0.6 is 15.9 Å². The molecule has 0 spiro atoms. The number of nitrogens with one attached hydrogen (secondary N) is 1. The zero-order chi connectivity index (χ0) is 20.3. The molecule has 0 saturated carbocycles. The van der Waals surface area contributed by atoms with Crippen molar-refractivity contribution in [3.63, 3.8) is 0 Å². The third kappa shape index (κ3) is 4.24. The van der Waals surface area contributed by atoms with Crippen LogP contribution in [0.3, 0.4) is 0 Å². The van der Waals surface area contributed by atoms with Crippen LogP contribution in [0.5, 0.6) is 11.6 Å². The van der Waals surface area contributed by atoms with E-state index >= 15 is 0 Å². The number of carbonyl (C=O) groups is 1. The van der Waals surface area contributed by atoms with Gasteiger partial charge in [0.25, 0.3) is 0 Å². The lowest BCUT2D eigenvalue weighted by Crippen LogP contribution is -2.26. The first kappa shape index (κ1) is 20.1. The Morgan fingerprint density at radius 2 is 1.96 bits per heavy atom. The maximum atomic E-state index is 12.7. The summed E-state index contributed by atoms with van der Waals surface area (Å²) in [5.41, 5.74) is 0.947. The zero-order valence-corrected chi connectivity index (χ0v) is 17.6. The summed E-state index contributed by atoms with van der Waals surface area (Å²) >= 11 is 3.37. The number of methoxy groups -OCH3 is 1. The molecular formula is C19H22BrN5O3. The molecule has 0 unspecified atom stereocenters. The van der Waals surface area contributed by atoms with E-state index in [0.29, 0.717) is 22.8 Å². The van der Waals surface area contributed by atoms with Gasteiger partial charge in [-0.3, -0.25) is 10.2 Å². The Kier molecular flexibility index (Phi) is 6.13. The fraction of sp³-hybridized carbons (Fsp3) is 0.368. The van der Waals surface area contributed by atoms with Gasteiger partial charge in [0.05, 0.1) is 13.2 Å². The maximum Gasteiger partial charge on any atom is 0.242 e. The van der Waals surface area contributed by atoms with Gasteiger partial charge in [0, 0.05) is 16.1 Å². The van der Waals surface area contributed by atoms with Crippen molar-refractivity contribution < 1.29 is 14.3 Å². The molecule has 0 aliphatic rings. The van der Waals surface area contributed by atoms with Crippen LogP contribution in [-0.2, 0) is 6.54 Å². The molecule has 2 heterocycles. The van der Waals surface area contributed by atoms with Gasteiger partial charge in [-0.15, -0.1) is 10.2 Å². The summed E-state index contributed by atoms with van der Waals surface area (Å²) in [6.07, 6.45) is 1.82. The Labute approximate surface area is 170 Å². The third-order valence-corrected chi connectivity index (χ3v) is 4.84. The van der Waals surface area contributed by atoms with E-state index in [1.807, 2.05) is 0 Å². The molecule has 28 heavy (non-hydrogen) atoms. The summed E-state index contributed by atoms with van der Waals surface area (Å²) in [5, 5.41) is 17.0. The normalized spacial score (nSPS) is 11.2. The average molecular weight is 448 g/mol. The van der Waals surface area contributed by atoms with Gasteiger partial charge in [0.15, 0.2) is 11.4 Å². The number of rotatable bonds is 8. The fourth-order valence-corrected chi connectivity index (χ4v) is 3.25. The first-order valence-corrected chi connectivity index (χ1v) is 9.80. The predicted octanol–water partition coefficient (Wildman–Crippen LogP) is 3.23. The van der Waals surface area contributed by atoms with E-state index in [-0.39, 0.29) is 24.1 Å². The predicted molar refractivity (Wildman–Crippen MR) is 107 cm³/mol. The van der Waals surface area contributed by atoms with Crippen LogP contribution in [-0.4, -0.2) is 38.4 Å². The molecule has 1 N–H and O–H groups in total. The molecule has 3 aromatic rings. The van der Waals surface area contributed by atoms with E-state index in [9.17, 15) is 4.79 Å². The van der Waals surface area contributed by atoms with Gasteiger partial charge in [-0.1, -0.05) is 29.8 Å². The third-order valence-electron chi connectivity index (χ3n) is 4.38. The van der Waals surface area contributed by atoms with Crippen LogP contribution in [0.1, 0.15) is 37.0 Å². The molecule has 1 aromatic carbocycles. The molecule has 0 bridgehead atoms. The Bertz CT molecular complexity index is 1060. The molecule has 0 fully saturated rings. The Balaban J connectivity index is 1.87. The van der Waals surface area contributed by atoms with Crippen molar-refractivity contribution in [1.29, 1.82) is 5.41 Å². The van der Waals surface area contributed by atoms with Gasteiger partial charge in [0.2, 0.25) is 11.5 Å². The van der Waals surface area contributed by atoms with Crippen LogP contribution in [0.25, 0.3) is 5.65 Å². The summed E-state index contributed by atoms with van der Waals surface area (Å²) in [4.78, 5) is 12.7. The van der Waals surface area contributed by atoms with Crippen LogP contribution in [0.15, 0.2) is 34.8 Å². The molecule has 0 saturated heterocycles. The topological polar surface area (TPSA) is 94.5 Å². The van der Waals surface area contributed by atoms with Gasteiger partial charge >= 0.3 is 0 Å². The number of halogens is 1. The number of ketones is 1. The minimum atomic E-state index is -0.185. The molecule has 3 rings (SSSR count). The number of hydrogen-bond donors (Lipinski definition) is 1. The van der Waals surface area contributed by atoms with Crippen molar-refractivity contribution in [2.24, 2.45) is 0 Å². The number of Topliss-reactive ketones (excluding diaryl/α,β-unsaturated/α-hetero) is 1. The monoisotopic (exact) mass is 447 g/mol. The van der Waals surface area contributed by atoms with Gasteiger partial charge in [-0.25, -0.2) is 4.68 Å². The zero-order valence-electron chi connectivity index (χ0n) is 16.0. The quantitative estimate of drug-likeness (QED) is 0.534. The fourth-order valence-electron chi connectivity index (χ4n) is 2.78. The minimum absolute atomic E-state index is 0.000286. The molecule has 8 nitrogen and oxygen atoms in total. The second-order valence-electron chi connectivity index (χ2n) is 6.28. The van der Waals surface area contributed by atoms with E-state index in [4.69, 9.17) is 14.9 Å². The number of ether oxygens (including phenoxy) is 2. The highest BCUT2D eigenvalue weighted by Gasteiger charge is 2.14. The first-order valence-electron chi connectivity index (χ1n) is 9.01. The Hall–Kier alpha value is -2.68. The molecule has 9 heteroatoms. The lowest BCUT2D eigenvalue weighted by Gasteiger charge is -2.14. The van der Waals surface area contributed by atoms with Gasteiger partial charge in [0.1, 0.15) is 12.3 Å². The summed E-state index contributed by atoms with van der Waals surface area (Å²) in [5.74, 6) is 0.825. The summed E-state index contributed by atoms with van der Waals surface area (Å²) < 4.78 is 14.5. The maximum absolute atomic E-state index is 12.7. The number of nitrogens with zero attached hydrogens (tertiary/aromatic N) is 4. The van der Waals surface area contributed by atoms with Crippen LogP contribution in [0.4, 0.5) is 0 Å². The smallest absolute Gasteiger partial charge is 0.242 e. The van der Waals surface area contributed by atoms with Crippen LogP contribution < -0.4 is 15.1 Å². The van der Waals surface area contributed by atoms with Crippen molar-refractivity contribution in [2.75, 3.05) is 7.11 Å². The van der Waals surface area contributed by atoms with Crippen molar-refractivity contribution >= 4 is 27.4 Å². The molecule has 0 aliphatic carbocycles. The number of fused-ring (bicyclic) bond motifs is 1. The van der Waals surface area contributed by atoms with Crippen LogP contribution in [0.2, 0.25) is 0 Å². The van der Waals surface area contributed by atoms with E-state index < -0.39 is 0 Å². The van der Waals surface area contributed by atoms with E-state index in [1.54, 1.807) is 37.4 Å². The molecule has 148 valence electrons. The average Bonchev–Trinajstić information content (AvgIpc) is 3.00. The standard InChI is InChI=1S/C19H22BrN5O3/c1-4-14(5-2)28-18-7-6-17-22-24(19(21)25(17)23-18)11-16(26)12-8-13(20)10-15(9-12)27-3/h6-10,14,21H,4-5,11H2,1-3H3. The highest BCUT2D eigenvalue weighted by Crippen LogP contribution is 2.21. The first-order chi connectivity index (χ1) is 13.4. The molecule has 0 aliphatic heterocycles. The Morgan fingerprint density at radius 1 is 1.21 bits per heavy atom. The largest absolute Gasteiger partial charge is 0.497 e. The van der Waals surface area contributed by atoms with E-state index in [0.717, 1.165) is 17.3 Å². The summed E-state index contributed by atoms with van der Waals surface area (Å²) in [6, 6.07) is 8.60. The second kappa shape index (κ2) is 8.55. The van der Waals surface area contributed by atoms with Crippen molar-refractivity contribution in [2.45, 2.75) is 39.3 Å². The van der Waals surface area contributed by atoms with Crippen molar-refractivity contribution in [3.8, 4) is 11.6 Å². The van der Waals surface area contributed by atoms with Crippen molar-refractivity contribution in [1.82, 2.24) is 19.4 Å². The van der Waals surface area contributed by atoms with Crippen LogP contribution in [0, 0.1) is 5.41 Å². The number of hydrogen-bond acceptors (Lipinski definition) is 6. The molecule has 0 amide bonds. The second-order valence-corrected chi connectivity index (χ2v) is 7.20. The lowest BCUT2D eigenvalue weighted by atomic mass is 10.1. The van der Waals surface area contributed by atoms with E-state index in [2.05, 4.69) is 40.0 Å².